The summed E-state index contributed by atoms with van der Waals surface area (Å²) in [6, 6.07) is 4.22. The van der Waals surface area contributed by atoms with Gasteiger partial charge in [-0.05, 0) is 63.2 Å². The van der Waals surface area contributed by atoms with Gasteiger partial charge in [0.1, 0.15) is 12.4 Å². The van der Waals surface area contributed by atoms with Gasteiger partial charge in [-0.2, -0.15) is 4.31 Å². The Kier molecular flexibility index (Phi) is 7.25. The molecule has 2 heterocycles. The highest BCUT2D eigenvalue weighted by molar-refractivity contribution is 7.89. The lowest BCUT2D eigenvalue weighted by molar-refractivity contribution is -0.274. The van der Waals surface area contributed by atoms with Crippen LogP contribution in [0.3, 0.4) is 0 Å². The summed E-state index contributed by atoms with van der Waals surface area (Å²) < 4.78 is 67.3. The minimum absolute atomic E-state index is 0.0732. The SMILES string of the molecule is CN1CCC(CON=C2CCN(S(=O)(=O)c3ccc(OC(F)(F)F)cc3)CC2)CC1. The standard InChI is InChI=1S/C19H26F3N3O4S/c1-24-10-6-15(7-11-24)14-28-23-16-8-12-25(13-9-16)30(26,27)18-4-2-17(3-5-18)29-19(20,21)22/h2-5,15H,6-14H2,1H3. The van der Waals surface area contributed by atoms with Crippen LogP contribution in [-0.4, -0.2) is 69.5 Å². The third-order valence-electron chi connectivity index (χ3n) is 5.34. The van der Waals surface area contributed by atoms with Gasteiger partial charge >= 0.3 is 6.36 Å². The van der Waals surface area contributed by atoms with Gasteiger partial charge in [0.25, 0.3) is 0 Å². The number of ether oxygens (including phenoxy) is 1. The molecule has 0 bridgehead atoms. The van der Waals surface area contributed by atoms with E-state index in [9.17, 15) is 21.6 Å². The molecular formula is C19H26F3N3O4S. The number of hydrogen-bond acceptors (Lipinski definition) is 6. The third-order valence-corrected chi connectivity index (χ3v) is 7.25. The lowest BCUT2D eigenvalue weighted by atomic mass is 9.98. The fourth-order valence-corrected chi connectivity index (χ4v) is 4.94. The van der Waals surface area contributed by atoms with E-state index in [1.54, 1.807) is 0 Å². The maximum atomic E-state index is 12.7. The van der Waals surface area contributed by atoms with E-state index in [1.807, 2.05) is 0 Å². The van der Waals surface area contributed by atoms with Gasteiger partial charge in [-0.3, -0.25) is 0 Å². The van der Waals surface area contributed by atoms with Gasteiger partial charge < -0.3 is 14.5 Å². The van der Waals surface area contributed by atoms with Crippen molar-refractivity contribution in [2.75, 3.05) is 39.8 Å². The van der Waals surface area contributed by atoms with E-state index in [1.165, 1.54) is 4.31 Å². The molecule has 168 valence electrons. The lowest BCUT2D eigenvalue weighted by Crippen LogP contribution is -2.38. The first-order valence-electron chi connectivity index (χ1n) is 9.86. The number of likely N-dealkylation sites (tertiary alicyclic amines) is 1. The van der Waals surface area contributed by atoms with Crippen LogP contribution in [0.1, 0.15) is 25.7 Å². The maximum Gasteiger partial charge on any atom is 0.573 e. The van der Waals surface area contributed by atoms with Crippen LogP contribution in [-0.2, 0) is 14.9 Å². The molecule has 1 aromatic carbocycles. The molecule has 0 atom stereocenters. The summed E-state index contributed by atoms with van der Waals surface area (Å²) in [4.78, 5) is 7.72. The van der Waals surface area contributed by atoms with Crippen molar-refractivity contribution in [1.82, 2.24) is 9.21 Å². The number of oxime groups is 1. The number of halogens is 3. The van der Waals surface area contributed by atoms with Crippen molar-refractivity contribution < 1.29 is 31.2 Å². The smallest absolute Gasteiger partial charge is 0.406 e. The molecular weight excluding hydrogens is 423 g/mol. The highest BCUT2D eigenvalue weighted by Gasteiger charge is 2.32. The summed E-state index contributed by atoms with van der Waals surface area (Å²) in [6.45, 7) is 3.19. The van der Waals surface area contributed by atoms with E-state index in [2.05, 4.69) is 21.8 Å². The molecule has 0 saturated carbocycles. The van der Waals surface area contributed by atoms with E-state index < -0.39 is 22.1 Å². The number of sulfonamides is 1. The molecule has 11 heteroatoms. The van der Waals surface area contributed by atoms with Crippen LogP contribution in [0.2, 0.25) is 0 Å². The average Bonchev–Trinajstić information content (AvgIpc) is 2.69. The van der Waals surface area contributed by atoms with E-state index >= 15 is 0 Å². The third kappa shape index (κ3) is 6.32. The van der Waals surface area contributed by atoms with Crippen LogP contribution in [0, 0.1) is 5.92 Å². The second-order valence-electron chi connectivity index (χ2n) is 7.62. The molecule has 3 rings (SSSR count). The number of rotatable bonds is 6. The Labute approximate surface area is 174 Å². The molecule has 2 fully saturated rings. The molecule has 1 aromatic rings. The van der Waals surface area contributed by atoms with E-state index in [-0.39, 0.29) is 18.0 Å². The van der Waals surface area contributed by atoms with Crippen molar-refractivity contribution in [2.45, 2.75) is 36.9 Å². The highest BCUT2D eigenvalue weighted by atomic mass is 32.2. The van der Waals surface area contributed by atoms with Gasteiger partial charge in [-0.25, -0.2) is 8.42 Å². The minimum Gasteiger partial charge on any atom is -0.406 e. The van der Waals surface area contributed by atoms with Gasteiger partial charge in [-0.15, -0.1) is 13.2 Å². The monoisotopic (exact) mass is 449 g/mol. The molecule has 0 aromatic heterocycles. The lowest BCUT2D eigenvalue weighted by Gasteiger charge is -2.28. The molecule has 2 aliphatic heterocycles. The van der Waals surface area contributed by atoms with Crippen molar-refractivity contribution in [3.63, 3.8) is 0 Å². The van der Waals surface area contributed by atoms with Gasteiger partial charge in [-0.1, -0.05) is 5.16 Å². The van der Waals surface area contributed by atoms with Crippen LogP contribution in [0.5, 0.6) is 5.75 Å². The number of benzene rings is 1. The Morgan fingerprint density at radius 1 is 1.07 bits per heavy atom. The molecule has 2 saturated heterocycles. The summed E-state index contributed by atoms with van der Waals surface area (Å²) >= 11 is 0. The normalized spacial score (nSPS) is 20.2. The quantitative estimate of drug-likeness (QED) is 0.625. The number of hydrogen-bond donors (Lipinski definition) is 0. The van der Waals surface area contributed by atoms with E-state index in [0.717, 1.165) is 55.9 Å². The topological polar surface area (TPSA) is 71.4 Å². The molecule has 0 spiro atoms. The van der Waals surface area contributed by atoms with E-state index in [4.69, 9.17) is 4.84 Å². The van der Waals surface area contributed by atoms with Gasteiger partial charge in [0.2, 0.25) is 10.0 Å². The number of nitrogens with zero attached hydrogens (tertiary/aromatic N) is 3. The van der Waals surface area contributed by atoms with Crippen molar-refractivity contribution in [3.8, 4) is 5.75 Å². The van der Waals surface area contributed by atoms with Crippen molar-refractivity contribution in [3.05, 3.63) is 24.3 Å². The zero-order valence-corrected chi connectivity index (χ0v) is 17.6. The Balaban J connectivity index is 1.49. The van der Waals surface area contributed by atoms with Gasteiger partial charge in [0, 0.05) is 25.9 Å². The van der Waals surface area contributed by atoms with Crippen molar-refractivity contribution in [2.24, 2.45) is 11.1 Å². The van der Waals surface area contributed by atoms with Gasteiger partial charge in [0.15, 0.2) is 0 Å². The molecule has 0 unspecified atom stereocenters. The fraction of sp³-hybridized carbons (Fsp3) is 0.632. The zero-order valence-electron chi connectivity index (χ0n) is 16.8. The van der Waals surface area contributed by atoms with Crippen LogP contribution in [0.15, 0.2) is 34.3 Å². The fourth-order valence-electron chi connectivity index (χ4n) is 3.50. The zero-order chi connectivity index (χ0) is 21.8. The Hall–Kier alpha value is -1.85. The number of alkyl halides is 3. The first-order valence-corrected chi connectivity index (χ1v) is 11.3. The molecule has 2 aliphatic rings. The molecule has 30 heavy (non-hydrogen) atoms. The molecule has 0 aliphatic carbocycles. The molecule has 0 N–H and O–H groups in total. The second-order valence-corrected chi connectivity index (χ2v) is 9.56. The second kappa shape index (κ2) is 9.52. The minimum atomic E-state index is -4.82. The largest absolute Gasteiger partial charge is 0.573 e. The highest BCUT2D eigenvalue weighted by Crippen LogP contribution is 2.26. The molecule has 0 radical (unpaired) electrons. The Morgan fingerprint density at radius 3 is 2.23 bits per heavy atom. The summed E-state index contributed by atoms with van der Waals surface area (Å²) in [6.07, 6.45) is -1.73. The van der Waals surface area contributed by atoms with Crippen molar-refractivity contribution in [1.29, 1.82) is 0 Å². The van der Waals surface area contributed by atoms with Crippen molar-refractivity contribution >= 4 is 15.7 Å². The van der Waals surface area contributed by atoms with Crippen LogP contribution in [0.4, 0.5) is 13.2 Å². The predicted octanol–water partition coefficient (Wildman–Crippen LogP) is 3.08. The summed E-state index contributed by atoms with van der Waals surface area (Å²) in [5.41, 5.74) is 0.823. The Bertz CT molecular complexity index is 826. The first kappa shape index (κ1) is 22.8. The predicted molar refractivity (Wildman–Crippen MR) is 105 cm³/mol. The average molecular weight is 449 g/mol. The van der Waals surface area contributed by atoms with E-state index in [0.29, 0.717) is 25.4 Å². The summed E-state index contributed by atoms with van der Waals surface area (Å²) in [5, 5.41) is 4.19. The first-order chi connectivity index (χ1) is 14.1. The van der Waals surface area contributed by atoms with Crippen LogP contribution < -0.4 is 4.74 Å². The summed E-state index contributed by atoms with van der Waals surface area (Å²) in [5.74, 6) is 0.0339. The maximum absolute atomic E-state index is 12.7. The number of piperidine rings is 2. The van der Waals surface area contributed by atoms with Gasteiger partial charge in [0.05, 0.1) is 10.6 Å². The van der Waals surface area contributed by atoms with Crippen LogP contribution >= 0.6 is 0 Å². The summed E-state index contributed by atoms with van der Waals surface area (Å²) in [7, 11) is -1.69. The van der Waals surface area contributed by atoms with Crippen LogP contribution in [0.25, 0.3) is 0 Å². The Morgan fingerprint density at radius 2 is 1.67 bits per heavy atom. The molecule has 7 nitrogen and oxygen atoms in total. The molecule has 0 amide bonds.